The molecule has 5 aliphatic rings. The van der Waals surface area contributed by atoms with Crippen molar-refractivity contribution in [3.05, 3.63) is 0 Å². The first kappa shape index (κ1) is 23.7. The van der Waals surface area contributed by atoms with E-state index in [1.165, 1.54) is 57.8 Å². The molecule has 5 aliphatic carbocycles. The minimum atomic E-state index is -0.138. The first-order valence-electron chi connectivity index (χ1n) is 14.2. The zero-order valence-corrected chi connectivity index (χ0v) is 22.2. The summed E-state index contributed by atoms with van der Waals surface area (Å²) in [7, 11) is 0. The van der Waals surface area contributed by atoms with Crippen LogP contribution in [-0.2, 0) is 0 Å². The Morgan fingerprint density at radius 1 is 0.719 bits per heavy atom. The standard InChI is InChI=1S/C30H52O2/c1-19-10-15-30(18-31)17-16-28(6)21(25(30)20(19)2)8-9-23-27(5)13-12-24(32)26(3,4)22(27)11-14-29(23,28)7/h19-25,31-32H,8-18H2,1-7H3/t19-,20+,21?,22+,23+,24+,25+,27+,28-,29-,30-/m1/s1. The number of aliphatic hydroxyl groups excluding tert-OH is 2. The summed E-state index contributed by atoms with van der Waals surface area (Å²) >= 11 is 0. The topological polar surface area (TPSA) is 40.5 Å². The molecule has 2 heteroatoms. The third kappa shape index (κ3) is 2.72. The zero-order valence-electron chi connectivity index (χ0n) is 22.2. The predicted molar refractivity (Wildman–Crippen MR) is 132 cm³/mol. The summed E-state index contributed by atoms with van der Waals surface area (Å²) < 4.78 is 0. The van der Waals surface area contributed by atoms with Crippen LogP contribution in [0.5, 0.6) is 0 Å². The molecule has 11 atom stereocenters. The highest BCUT2D eigenvalue weighted by Crippen LogP contribution is 2.76. The molecular weight excluding hydrogens is 392 g/mol. The molecular formula is C30H52O2. The van der Waals surface area contributed by atoms with E-state index in [4.69, 9.17) is 0 Å². The molecule has 0 aliphatic heterocycles. The molecule has 2 nitrogen and oxygen atoms in total. The third-order valence-corrected chi connectivity index (χ3v) is 14.1. The van der Waals surface area contributed by atoms with E-state index in [1.54, 1.807) is 0 Å². The highest BCUT2D eigenvalue weighted by Gasteiger charge is 2.70. The number of hydrogen-bond acceptors (Lipinski definition) is 2. The van der Waals surface area contributed by atoms with Gasteiger partial charge >= 0.3 is 0 Å². The van der Waals surface area contributed by atoms with E-state index >= 15 is 0 Å². The van der Waals surface area contributed by atoms with Gasteiger partial charge in [-0.15, -0.1) is 0 Å². The summed E-state index contributed by atoms with van der Waals surface area (Å²) in [6.45, 7) is 18.2. The molecule has 5 saturated carbocycles. The fraction of sp³-hybridized carbons (Fsp3) is 1.00. The smallest absolute Gasteiger partial charge is 0.0594 e. The lowest BCUT2D eigenvalue weighted by molar-refractivity contribution is -0.260. The summed E-state index contributed by atoms with van der Waals surface area (Å²) in [5.74, 6) is 4.41. The maximum atomic E-state index is 10.9. The molecule has 0 saturated heterocycles. The third-order valence-electron chi connectivity index (χ3n) is 14.1. The highest BCUT2D eigenvalue weighted by atomic mass is 16.3. The van der Waals surface area contributed by atoms with Gasteiger partial charge in [0.05, 0.1) is 6.10 Å². The van der Waals surface area contributed by atoms with E-state index in [0.717, 1.165) is 30.1 Å². The normalized spacial score (nSPS) is 59.3. The van der Waals surface area contributed by atoms with Crippen LogP contribution in [0, 0.1) is 62.6 Å². The molecule has 0 aromatic rings. The lowest BCUT2D eigenvalue weighted by atomic mass is 9.31. The molecule has 0 spiro atoms. The first-order chi connectivity index (χ1) is 14.9. The van der Waals surface area contributed by atoms with Gasteiger partial charge in [0.2, 0.25) is 0 Å². The summed E-state index contributed by atoms with van der Waals surface area (Å²) in [5, 5.41) is 21.6. The second kappa shape index (κ2) is 7.22. The van der Waals surface area contributed by atoms with E-state index in [9.17, 15) is 10.2 Å². The van der Waals surface area contributed by atoms with Crippen LogP contribution >= 0.6 is 0 Å². The van der Waals surface area contributed by atoms with Crippen molar-refractivity contribution >= 4 is 0 Å². The lowest BCUT2D eigenvalue weighted by Gasteiger charge is -2.74. The van der Waals surface area contributed by atoms with Crippen LogP contribution in [0.3, 0.4) is 0 Å². The molecule has 5 fully saturated rings. The number of aliphatic hydroxyl groups is 2. The Morgan fingerprint density at radius 3 is 2.12 bits per heavy atom. The number of hydrogen-bond donors (Lipinski definition) is 2. The molecule has 0 amide bonds. The van der Waals surface area contributed by atoms with Gasteiger partial charge in [0.1, 0.15) is 0 Å². The quantitative estimate of drug-likeness (QED) is 0.454. The fourth-order valence-electron chi connectivity index (χ4n) is 11.7. The van der Waals surface area contributed by atoms with Crippen LogP contribution in [0.1, 0.15) is 113 Å². The second-order valence-electron chi connectivity index (χ2n) is 15.0. The molecule has 0 aromatic heterocycles. The van der Waals surface area contributed by atoms with Gasteiger partial charge in [0.15, 0.2) is 0 Å². The van der Waals surface area contributed by atoms with E-state index < -0.39 is 0 Å². The number of rotatable bonds is 1. The average Bonchev–Trinajstić information content (AvgIpc) is 2.74. The predicted octanol–water partition coefficient (Wildman–Crippen LogP) is 7.08. The SMILES string of the molecule is C[C@H]1[C@H](C)CC[C@]2(CO)CC[C@]3(C)C(CC[C@H]4[C@@]5(C)CC[C@H](O)C(C)(C)[C@@H]5CC[C@]43C)[C@H]12. The number of fused-ring (bicyclic) bond motifs is 7. The summed E-state index contributed by atoms with van der Waals surface area (Å²) in [6.07, 6.45) is 12.5. The van der Waals surface area contributed by atoms with Gasteiger partial charge in [0, 0.05) is 6.61 Å². The summed E-state index contributed by atoms with van der Waals surface area (Å²) in [5.41, 5.74) is 1.37. The maximum Gasteiger partial charge on any atom is 0.0594 e. The molecule has 0 bridgehead atoms. The summed E-state index contributed by atoms with van der Waals surface area (Å²) in [6, 6.07) is 0. The van der Waals surface area contributed by atoms with Gasteiger partial charge in [-0.1, -0.05) is 48.5 Å². The van der Waals surface area contributed by atoms with Crippen molar-refractivity contribution in [3.63, 3.8) is 0 Å². The van der Waals surface area contributed by atoms with Crippen LogP contribution in [0.25, 0.3) is 0 Å². The van der Waals surface area contributed by atoms with Crippen molar-refractivity contribution in [1.29, 1.82) is 0 Å². The lowest BCUT2D eigenvalue weighted by Crippen LogP contribution is -2.67. The monoisotopic (exact) mass is 444 g/mol. The Hall–Kier alpha value is -0.0800. The minimum absolute atomic E-state index is 0.0397. The molecule has 0 aromatic carbocycles. The van der Waals surface area contributed by atoms with Crippen molar-refractivity contribution in [3.8, 4) is 0 Å². The highest BCUT2D eigenvalue weighted by molar-refractivity contribution is 5.18. The average molecular weight is 445 g/mol. The van der Waals surface area contributed by atoms with Crippen molar-refractivity contribution in [2.24, 2.45) is 62.6 Å². The Morgan fingerprint density at radius 2 is 1.44 bits per heavy atom. The van der Waals surface area contributed by atoms with E-state index in [2.05, 4.69) is 48.5 Å². The molecule has 0 radical (unpaired) electrons. The van der Waals surface area contributed by atoms with Crippen LogP contribution < -0.4 is 0 Å². The Bertz CT molecular complexity index is 745. The van der Waals surface area contributed by atoms with E-state index in [1.807, 2.05) is 0 Å². The maximum absolute atomic E-state index is 10.9. The fourth-order valence-corrected chi connectivity index (χ4v) is 11.7. The molecule has 0 heterocycles. The molecule has 32 heavy (non-hydrogen) atoms. The van der Waals surface area contributed by atoms with Gasteiger partial charge in [-0.05, 0) is 127 Å². The van der Waals surface area contributed by atoms with Gasteiger partial charge in [0.25, 0.3) is 0 Å². The van der Waals surface area contributed by atoms with Gasteiger partial charge < -0.3 is 10.2 Å². The Kier molecular flexibility index (Phi) is 5.34. The van der Waals surface area contributed by atoms with Gasteiger partial charge in [-0.3, -0.25) is 0 Å². The zero-order chi connectivity index (χ0) is 23.3. The van der Waals surface area contributed by atoms with Crippen LogP contribution in [0.15, 0.2) is 0 Å². The van der Waals surface area contributed by atoms with Crippen molar-refractivity contribution < 1.29 is 10.2 Å². The van der Waals surface area contributed by atoms with Crippen molar-refractivity contribution in [2.45, 2.75) is 119 Å². The summed E-state index contributed by atoms with van der Waals surface area (Å²) in [4.78, 5) is 0. The molecule has 5 rings (SSSR count). The first-order valence-corrected chi connectivity index (χ1v) is 14.2. The largest absolute Gasteiger partial charge is 0.396 e. The molecule has 184 valence electrons. The Labute approximate surface area is 198 Å². The molecule has 1 unspecified atom stereocenters. The van der Waals surface area contributed by atoms with Gasteiger partial charge in [-0.25, -0.2) is 0 Å². The van der Waals surface area contributed by atoms with Crippen LogP contribution in [-0.4, -0.2) is 22.9 Å². The van der Waals surface area contributed by atoms with Crippen molar-refractivity contribution in [2.75, 3.05) is 6.61 Å². The van der Waals surface area contributed by atoms with Crippen LogP contribution in [0.4, 0.5) is 0 Å². The van der Waals surface area contributed by atoms with Crippen LogP contribution in [0.2, 0.25) is 0 Å². The van der Waals surface area contributed by atoms with E-state index in [-0.39, 0.29) is 16.9 Å². The second-order valence-corrected chi connectivity index (χ2v) is 15.0. The molecule has 2 N–H and O–H groups in total. The van der Waals surface area contributed by atoms with Crippen molar-refractivity contribution in [1.82, 2.24) is 0 Å². The Balaban J connectivity index is 1.54. The van der Waals surface area contributed by atoms with Gasteiger partial charge in [-0.2, -0.15) is 0 Å². The van der Waals surface area contributed by atoms with E-state index in [0.29, 0.717) is 34.7 Å². The minimum Gasteiger partial charge on any atom is -0.396 e.